The van der Waals surface area contributed by atoms with Crippen molar-refractivity contribution in [1.29, 1.82) is 0 Å². The molecule has 32 heavy (non-hydrogen) atoms. The fraction of sp³-hybridized carbons (Fsp3) is 0.231. The van der Waals surface area contributed by atoms with Crippen molar-refractivity contribution in [2.45, 2.75) is 38.4 Å². The van der Waals surface area contributed by atoms with Crippen LogP contribution in [0.5, 0.6) is 0 Å². The van der Waals surface area contributed by atoms with Crippen LogP contribution in [0, 0.1) is 0 Å². The van der Waals surface area contributed by atoms with Crippen molar-refractivity contribution in [3.63, 3.8) is 0 Å². The molecule has 1 unspecified atom stereocenters. The summed E-state index contributed by atoms with van der Waals surface area (Å²) in [5.41, 5.74) is 2.75. The molecule has 1 heterocycles. The van der Waals surface area contributed by atoms with Crippen LogP contribution in [0.25, 0.3) is 22.0 Å². The van der Waals surface area contributed by atoms with Crippen LogP contribution < -0.4 is 11.0 Å². The number of nitrogens with zero attached hydrogens (tertiary/aromatic N) is 2. The average Bonchev–Trinajstić information content (AvgIpc) is 3.58. The summed E-state index contributed by atoms with van der Waals surface area (Å²) in [6, 6.07) is 22.3. The van der Waals surface area contributed by atoms with Gasteiger partial charge in [-0.05, 0) is 59.9 Å². The molecule has 4 aromatic rings. The molecule has 5 nitrogen and oxygen atoms in total. The fourth-order valence-electron chi connectivity index (χ4n) is 4.14. The van der Waals surface area contributed by atoms with Crippen molar-refractivity contribution in [1.82, 2.24) is 14.5 Å². The molecule has 0 radical (unpaired) electrons. The Morgan fingerprint density at radius 1 is 1.06 bits per heavy atom. The second-order valence-electron chi connectivity index (χ2n) is 8.43. The van der Waals surface area contributed by atoms with Crippen LogP contribution in [0.15, 0.2) is 82.2 Å². The molecule has 6 heteroatoms. The molecule has 0 bridgehead atoms. The number of hydrogen-bond acceptors (Lipinski definition) is 2. The fourth-order valence-corrected chi connectivity index (χ4v) is 4.41. The Morgan fingerprint density at radius 3 is 2.50 bits per heavy atom. The van der Waals surface area contributed by atoms with Crippen LogP contribution >= 0.6 is 15.9 Å². The first kappa shape index (κ1) is 20.8. The number of nitrogens with one attached hydrogen (secondary N) is 1. The summed E-state index contributed by atoms with van der Waals surface area (Å²) in [6.07, 6.45) is 3.81. The lowest BCUT2D eigenvalue weighted by atomic mass is 10.0. The van der Waals surface area contributed by atoms with Gasteiger partial charge < -0.3 is 5.32 Å². The summed E-state index contributed by atoms with van der Waals surface area (Å²) in [7, 11) is 0. The number of rotatable bonds is 6. The Balaban J connectivity index is 1.36. The van der Waals surface area contributed by atoms with Crippen LogP contribution in [0.3, 0.4) is 0 Å². The molecule has 1 atom stereocenters. The van der Waals surface area contributed by atoms with E-state index in [0.717, 1.165) is 39.5 Å². The minimum absolute atomic E-state index is 0.00000260. The van der Waals surface area contributed by atoms with E-state index in [1.54, 1.807) is 0 Å². The number of hydrogen-bond donors (Lipinski definition) is 1. The van der Waals surface area contributed by atoms with Crippen molar-refractivity contribution in [3.8, 4) is 11.3 Å². The number of carbonyl (C=O) groups excluding carboxylic acids is 1. The van der Waals surface area contributed by atoms with E-state index in [1.807, 2.05) is 60.2 Å². The Hall–Kier alpha value is -3.12. The quantitative estimate of drug-likeness (QED) is 0.391. The van der Waals surface area contributed by atoms with E-state index in [9.17, 15) is 9.59 Å². The van der Waals surface area contributed by atoms with E-state index in [-0.39, 0.29) is 30.2 Å². The molecule has 1 fully saturated rings. The van der Waals surface area contributed by atoms with Gasteiger partial charge in [0.1, 0.15) is 6.54 Å². The zero-order valence-corrected chi connectivity index (χ0v) is 19.4. The third kappa shape index (κ3) is 4.15. The SMILES string of the molecule is CC(NC(=O)Cn1cc(-c2ccc(Br)cc2)n(C2CC2)c1=O)c1ccc2ccccc2c1. The van der Waals surface area contributed by atoms with Crippen molar-refractivity contribution in [3.05, 3.63) is 93.4 Å². The summed E-state index contributed by atoms with van der Waals surface area (Å²) >= 11 is 3.46. The van der Waals surface area contributed by atoms with Crippen molar-refractivity contribution >= 4 is 32.6 Å². The Bertz CT molecular complexity index is 1350. The Labute approximate surface area is 194 Å². The summed E-state index contributed by atoms with van der Waals surface area (Å²) in [5.74, 6) is -0.178. The van der Waals surface area contributed by atoms with Gasteiger partial charge in [-0.2, -0.15) is 0 Å². The van der Waals surface area contributed by atoms with Gasteiger partial charge >= 0.3 is 5.69 Å². The summed E-state index contributed by atoms with van der Waals surface area (Å²) in [4.78, 5) is 25.9. The van der Waals surface area contributed by atoms with Crippen LogP contribution in [0.1, 0.15) is 37.4 Å². The minimum atomic E-state index is -0.178. The topological polar surface area (TPSA) is 56.0 Å². The third-order valence-electron chi connectivity index (χ3n) is 6.01. The highest BCUT2D eigenvalue weighted by Crippen LogP contribution is 2.37. The van der Waals surface area contributed by atoms with Crippen molar-refractivity contribution in [2.24, 2.45) is 0 Å². The lowest BCUT2D eigenvalue weighted by Gasteiger charge is -2.15. The maximum absolute atomic E-state index is 13.1. The maximum Gasteiger partial charge on any atom is 0.329 e. The number of carbonyl (C=O) groups is 1. The Kier molecular flexibility index (Phi) is 5.47. The van der Waals surface area contributed by atoms with E-state index < -0.39 is 0 Å². The predicted octanol–water partition coefficient (Wildman–Crippen LogP) is 5.44. The zero-order chi connectivity index (χ0) is 22.2. The lowest BCUT2D eigenvalue weighted by Crippen LogP contribution is -2.34. The highest BCUT2D eigenvalue weighted by molar-refractivity contribution is 9.10. The molecule has 1 aliphatic rings. The van der Waals surface area contributed by atoms with E-state index >= 15 is 0 Å². The smallest absolute Gasteiger partial charge is 0.329 e. The van der Waals surface area contributed by atoms with Crippen molar-refractivity contribution in [2.75, 3.05) is 0 Å². The number of aromatic nitrogens is 2. The molecular weight excluding hydrogens is 466 g/mol. The van der Waals surface area contributed by atoms with E-state index in [1.165, 1.54) is 9.95 Å². The molecular formula is C26H24BrN3O2. The third-order valence-corrected chi connectivity index (χ3v) is 6.54. The van der Waals surface area contributed by atoms with Gasteiger partial charge in [-0.1, -0.05) is 64.5 Å². The van der Waals surface area contributed by atoms with Crippen LogP contribution in [0.4, 0.5) is 0 Å². The normalized spacial score (nSPS) is 14.4. The van der Waals surface area contributed by atoms with Gasteiger partial charge in [0, 0.05) is 16.7 Å². The van der Waals surface area contributed by atoms with Gasteiger partial charge in [-0.15, -0.1) is 0 Å². The molecule has 162 valence electrons. The lowest BCUT2D eigenvalue weighted by molar-refractivity contribution is -0.122. The van der Waals surface area contributed by atoms with Gasteiger partial charge in [-0.3, -0.25) is 13.9 Å². The van der Waals surface area contributed by atoms with Crippen LogP contribution in [0.2, 0.25) is 0 Å². The second-order valence-corrected chi connectivity index (χ2v) is 9.34. The Morgan fingerprint density at radius 2 is 1.78 bits per heavy atom. The highest BCUT2D eigenvalue weighted by atomic mass is 79.9. The van der Waals surface area contributed by atoms with E-state index in [4.69, 9.17) is 0 Å². The molecule has 1 amide bonds. The van der Waals surface area contributed by atoms with E-state index in [0.29, 0.717) is 0 Å². The number of benzene rings is 3. The first-order valence-corrected chi connectivity index (χ1v) is 11.6. The standard InChI is InChI=1S/C26H24BrN3O2/c1-17(20-7-6-18-4-2-3-5-21(18)14-20)28-25(31)16-29-15-24(19-8-10-22(27)11-9-19)30(26(29)32)23-12-13-23/h2-11,14-15,17,23H,12-13,16H2,1H3,(H,28,31). The number of fused-ring (bicyclic) bond motifs is 1. The predicted molar refractivity (Wildman–Crippen MR) is 131 cm³/mol. The number of halogens is 1. The monoisotopic (exact) mass is 489 g/mol. The summed E-state index contributed by atoms with van der Waals surface area (Å²) < 4.78 is 4.35. The first-order chi connectivity index (χ1) is 15.5. The number of amides is 1. The van der Waals surface area contributed by atoms with Gasteiger partial charge in [0.2, 0.25) is 5.91 Å². The van der Waals surface area contributed by atoms with E-state index in [2.05, 4.69) is 45.5 Å². The highest BCUT2D eigenvalue weighted by Gasteiger charge is 2.29. The minimum Gasteiger partial charge on any atom is -0.348 e. The summed E-state index contributed by atoms with van der Waals surface area (Å²) in [5, 5.41) is 5.35. The molecule has 5 rings (SSSR count). The molecule has 0 saturated heterocycles. The van der Waals surface area contributed by atoms with Gasteiger partial charge in [-0.25, -0.2) is 4.79 Å². The average molecular weight is 490 g/mol. The van der Waals surface area contributed by atoms with Crippen LogP contribution in [-0.2, 0) is 11.3 Å². The second kappa shape index (κ2) is 8.43. The number of imidazole rings is 1. The largest absolute Gasteiger partial charge is 0.348 e. The van der Waals surface area contributed by atoms with Crippen LogP contribution in [-0.4, -0.2) is 15.0 Å². The molecule has 0 aliphatic heterocycles. The molecule has 1 N–H and O–H groups in total. The molecule has 1 aromatic heterocycles. The van der Waals surface area contributed by atoms with Gasteiger partial charge in [0.15, 0.2) is 0 Å². The molecule has 0 spiro atoms. The molecule has 1 aliphatic carbocycles. The maximum atomic E-state index is 13.1. The van der Waals surface area contributed by atoms with Gasteiger partial charge in [0.25, 0.3) is 0 Å². The first-order valence-electron chi connectivity index (χ1n) is 10.9. The molecule has 1 saturated carbocycles. The van der Waals surface area contributed by atoms with Gasteiger partial charge in [0.05, 0.1) is 11.7 Å². The molecule has 3 aromatic carbocycles. The summed E-state index contributed by atoms with van der Waals surface area (Å²) in [6.45, 7) is 1.97. The zero-order valence-electron chi connectivity index (χ0n) is 17.8. The van der Waals surface area contributed by atoms with Crippen molar-refractivity contribution < 1.29 is 4.79 Å².